The van der Waals surface area contributed by atoms with Gasteiger partial charge in [-0.15, -0.1) is 5.10 Å². The number of amides is 1. The molecule has 0 radical (unpaired) electrons. The average molecular weight is 383 g/mol. The highest BCUT2D eigenvalue weighted by molar-refractivity contribution is 9.10. The van der Waals surface area contributed by atoms with Crippen molar-refractivity contribution in [1.29, 1.82) is 0 Å². The van der Waals surface area contributed by atoms with Crippen LogP contribution in [0.2, 0.25) is 0 Å². The number of nitrogens with zero attached hydrogens (tertiary/aromatic N) is 4. The first-order valence-corrected chi connectivity index (χ1v) is 8.53. The summed E-state index contributed by atoms with van der Waals surface area (Å²) >= 11 is 3.49. The largest absolute Gasteiger partial charge is 0.304 e. The third-order valence-electron chi connectivity index (χ3n) is 4.24. The van der Waals surface area contributed by atoms with Gasteiger partial charge in [0.1, 0.15) is 0 Å². The van der Waals surface area contributed by atoms with E-state index in [-0.39, 0.29) is 11.9 Å². The van der Waals surface area contributed by atoms with Gasteiger partial charge in [-0.3, -0.25) is 4.79 Å². The fraction of sp³-hybridized carbons (Fsp3) is 0.167. The standard InChI is InChI=1S/C18H15BrN4O/c1-12-10-13-6-2-4-8-16(13)23(12)18(24)15-11-22(21-20-15)17-9-5-3-7-14(17)19/h2-9,11-12H,10H2,1H3/t12-/m1/s1. The third kappa shape index (κ3) is 2.43. The first kappa shape index (κ1) is 15.1. The number of aromatic nitrogens is 3. The molecule has 4 rings (SSSR count). The van der Waals surface area contributed by atoms with Crippen LogP contribution in [-0.2, 0) is 6.42 Å². The van der Waals surface area contributed by atoms with E-state index >= 15 is 0 Å². The zero-order valence-electron chi connectivity index (χ0n) is 13.1. The van der Waals surface area contributed by atoms with Gasteiger partial charge < -0.3 is 4.90 Å². The van der Waals surface area contributed by atoms with E-state index in [1.807, 2.05) is 47.4 Å². The highest BCUT2D eigenvalue weighted by Gasteiger charge is 2.32. The number of fused-ring (bicyclic) bond motifs is 1. The van der Waals surface area contributed by atoms with Gasteiger partial charge in [-0.25, -0.2) is 4.68 Å². The maximum Gasteiger partial charge on any atom is 0.280 e. The highest BCUT2D eigenvalue weighted by atomic mass is 79.9. The van der Waals surface area contributed by atoms with E-state index in [2.05, 4.69) is 39.2 Å². The predicted octanol–water partition coefficient (Wildman–Crippen LogP) is 3.62. The molecule has 0 fully saturated rings. The van der Waals surface area contributed by atoms with E-state index in [0.29, 0.717) is 5.69 Å². The van der Waals surface area contributed by atoms with Gasteiger partial charge in [-0.05, 0) is 53.0 Å². The predicted molar refractivity (Wildman–Crippen MR) is 95.5 cm³/mol. The smallest absolute Gasteiger partial charge is 0.280 e. The Morgan fingerprint density at radius 3 is 2.62 bits per heavy atom. The number of carbonyl (C=O) groups is 1. The van der Waals surface area contributed by atoms with Crippen molar-refractivity contribution in [3.63, 3.8) is 0 Å². The quantitative estimate of drug-likeness (QED) is 0.679. The molecule has 1 amide bonds. The summed E-state index contributed by atoms with van der Waals surface area (Å²) in [6, 6.07) is 15.8. The maximum absolute atomic E-state index is 12.9. The van der Waals surface area contributed by atoms with Crippen LogP contribution in [-0.4, -0.2) is 26.9 Å². The SMILES string of the molecule is C[C@@H]1Cc2ccccc2N1C(=O)c1cn(-c2ccccc2Br)nn1. The summed E-state index contributed by atoms with van der Waals surface area (Å²) in [4.78, 5) is 14.8. The van der Waals surface area contributed by atoms with E-state index in [4.69, 9.17) is 0 Å². The first-order valence-electron chi connectivity index (χ1n) is 7.74. The summed E-state index contributed by atoms with van der Waals surface area (Å²) in [6.45, 7) is 2.05. The van der Waals surface area contributed by atoms with Crippen molar-refractivity contribution in [2.75, 3.05) is 4.90 Å². The monoisotopic (exact) mass is 382 g/mol. The van der Waals surface area contributed by atoms with Crippen molar-refractivity contribution < 1.29 is 4.79 Å². The summed E-state index contributed by atoms with van der Waals surface area (Å²) < 4.78 is 2.51. The first-order chi connectivity index (χ1) is 11.6. The second-order valence-corrected chi connectivity index (χ2v) is 6.71. The van der Waals surface area contributed by atoms with Gasteiger partial charge >= 0.3 is 0 Å². The lowest BCUT2D eigenvalue weighted by atomic mass is 10.1. The number of anilines is 1. The van der Waals surface area contributed by atoms with Crippen molar-refractivity contribution in [1.82, 2.24) is 15.0 Å². The minimum absolute atomic E-state index is 0.114. The molecule has 0 spiro atoms. The molecular formula is C18H15BrN4O. The molecule has 3 aromatic rings. The van der Waals surface area contributed by atoms with Gasteiger partial charge in [0.25, 0.3) is 5.91 Å². The van der Waals surface area contributed by atoms with Crippen LogP contribution in [0.4, 0.5) is 5.69 Å². The van der Waals surface area contributed by atoms with Crippen molar-refractivity contribution in [3.8, 4) is 5.69 Å². The number of hydrogen-bond acceptors (Lipinski definition) is 3. The molecular weight excluding hydrogens is 368 g/mol. The summed E-state index contributed by atoms with van der Waals surface area (Å²) in [6.07, 6.45) is 2.54. The normalized spacial score (nSPS) is 16.2. The summed E-state index contributed by atoms with van der Waals surface area (Å²) in [5.41, 5.74) is 3.34. The summed E-state index contributed by atoms with van der Waals surface area (Å²) in [7, 11) is 0. The maximum atomic E-state index is 12.9. The topological polar surface area (TPSA) is 51.0 Å². The van der Waals surface area contributed by atoms with Crippen LogP contribution >= 0.6 is 15.9 Å². The molecule has 0 bridgehead atoms. The molecule has 0 saturated heterocycles. The Morgan fingerprint density at radius 1 is 1.12 bits per heavy atom. The molecule has 0 N–H and O–H groups in total. The fourth-order valence-corrected chi connectivity index (χ4v) is 3.58. The van der Waals surface area contributed by atoms with Crippen molar-refractivity contribution >= 4 is 27.5 Å². The third-order valence-corrected chi connectivity index (χ3v) is 4.91. The summed E-state index contributed by atoms with van der Waals surface area (Å²) in [5.74, 6) is -0.120. The number of hydrogen-bond donors (Lipinski definition) is 0. The van der Waals surface area contributed by atoms with Crippen LogP contribution in [0.5, 0.6) is 0 Å². The molecule has 2 heterocycles. The molecule has 0 aliphatic carbocycles. The van der Waals surface area contributed by atoms with Gasteiger partial charge in [0.15, 0.2) is 5.69 Å². The summed E-state index contributed by atoms with van der Waals surface area (Å²) in [5, 5.41) is 8.20. The van der Waals surface area contributed by atoms with Crippen molar-refractivity contribution in [3.05, 3.63) is 70.5 Å². The zero-order valence-corrected chi connectivity index (χ0v) is 14.6. The van der Waals surface area contributed by atoms with Crippen molar-refractivity contribution in [2.24, 2.45) is 0 Å². The van der Waals surface area contributed by atoms with E-state index in [0.717, 1.165) is 22.3 Å². The Kier molecular flexibility index (Phi) is 3.69. The Labute approximate surface area is 148 Å². The van der Waals surface area contributed by atoms with Crippen LogP contribution < -0.4 is 4.90 Å². The van der Waals surface area contributed by atoms with Crippen LogP contribution in [0.25, 0.3) is 5.69 Å². The van der Waals surface area contributed by atoms with E-state index in [1.54, 1.807) is 10.9 Å². The molecule has 1 aliphatic heterocycles. The van der Waals surface area contributed by atoms with Gasteiger partial charge in [0.05, 0.1) is 11.9 Å². The molecule has 24 heavy (non-hydrogen) atoms. The minimum atomic E-state index is -0.120. The van der Waals surface area contributed by atoms with Gasteiger partial charge in [0.2, 0.25) is 0 Å². The Morgan fingerprint density at radius 2 is 1.83 bits per heavy atom. The van der Waals surface area contributed by atoms with Crippen LogP contribution in [0.3, 0.4) is 0 Å². The number of halogens is 1. The van der Waals surface area contributed by atoms with Gasteiger partial charge in [-0.2, -0.15) is 0 Å². The number of benzene rings is 2. The number of carbonyl (C=O) groups excluding carboxylic acids is 1. The van der Waals surface area contributed by atoms with Crippen LogP contribution in [0, 0.1) is 0 Å². The van der Waals surface area contributed by atoms with Gasteiger partial charge in [-0.1, -0.05) is 35.5 Å². The van der Waals surface area contributed by atoms with E-state index in [9.17, 15) is 4.79 Å². The molecule has 1 aliphatic rings. The molecule has 0 saturated carbocycles. The molecule has 2 aromatic carbocycles. The molecule has 0 unspecified atom stereocenters. The van der Waals surface area contributed by atoms with E-state index < -0.39 is 0 Å². The van der Waals surface area contributed by atoms with Crippen LogP contribution in [0.1, 0.15) is 23.0 Å². The number of rotatable bonds is 2. The number of para-hydroxylation sites is 2. The lowest BCUT2D eigenvalue weighted by molar-refractivity contribution is 0.0976. The second-order valence-electron chi connectivity index (χ2n) is 5.86. The molecule has 1 atom stereocenters. The minimum Gasteiger partial charge on any atom is -0.304 e. The second kappa shape index (κ2) is 5.87. The lowest BCUT2D eigenvalue weighted by Gasteiger charge is -2.21. The fourth-order valence-electron chi connectivity index (χ4n) is 3.12. The Bertz CT molecular complexity index is 921. The molecule has 1 aromatic heterocycles. The molecule has 6 heteroatoms. The van der Waals surface area contributed by atoms with Gasteiger partial charge in [0, 0.05) is 16.2 Å². The Hall–Kier alpha value is -2.47. The molecule has 120 valence electrons. The molecule has 5 nitrogen and oxygen atoms in total. The van der Waals surface area contributed by atoms with Crippen molar-refractivity contribution in [2.45, 2.75) is 19.4 Å². The lowest BCUT2D eigenvalue weighted by Crippen LogP contribution is -2.35. The van der Waals surface area contributed by atoms with E-state index in [1.165, 1.54) is 5.56 Å². The Balaban J connectivity index is 1.68. The van der Waals surface area contributed by atoms with Crippen LogP contribution in [0.15, 0.2) is 59.2 Å². The average Bonchev–Trinajstić information content (AvgIpc) is 3.18. The highest BCUT2D eigenvalue weighted by Crippen LogP contribution is 2.32. The zero-order chi connectivity index (χ0) is 16.7.